The van der Waals surface area contributed by atoms with Crippen molar-refractivity contribution in [2.45, 2.75) is 43.8 Å². The third-order valence-corrected chi connectivity index (χ3v) is 5.59. The van der Waals surface area contributed by atoms with Crippen molar-refractivity contribution in [1.82, 2.24) is 15.0 Å². The van der Waals surface area contributed by atoms with Crippen molar-refractivity contribution < 1.29 is 28.6 Å². The number of nitrogens with zero attached hydrogens (tertiary/aromatic N) is 3. The third-order valence-electron chi connectivity index (χ3n) is 5.59. The lowest BCUT2D eigenvalue weighted by Gasteiger charge is -2.47. The number of aryl methyl sites for hydroxylation is 1. The monoisotopic (exact) mass is 417 g/mol. The zero-order valence-electron chi connectivity index (χ0n) is 17.5. The Balaban J connectivity index is 1.26. The van der Waals surface area contributed by atoms with Crippen LogP contribution < -0.4 is 9.47 Å². The molecule has 1 aromatic heterocycles. The Hall–Kier alpha value is -2.65. The molecule has 1 unspecified atom stereocenters. The number of aromatic nitrogens is 2. The van der Waals surface area contributed by atoms with Crippen LogP contribution in [-0.2, 0) is 16.0 Å². The van der Waals surface area contributed by atoms with Crippen molar-refractivity contribution in [1.29, 1.82) is 0 Å². The average Bonchev–Trinajstić information content (AvgIpc) is 3.30. The molecule has 3 heterocycles. The maximum Gasteiger partial charge on any atom is 0.226 e. The average molecular weight is 417 g/mol. The summed E-state index contributed by atoms with van der Waals surface area (Å²) >= 11 is 0. The van der Waals surface area contributed by atoms with Gasteiger partial charge in [0.05, 0.1) is 39.5 Å². The van der Waals surface area contributed by atoms with Crippen LogP contribution in [0.4, 0.5) is 0 Å². The molecule has 2 aliphatic heterocycles. The molecule has 1 atom stereocenters. The van der Waals surface area contributed by atoms with Gasteiger partial charge in [0.1, 0.15) is 5.60 Å². The number of rotatable bonds is 7. The van der Waals surface area contributed by atoms with Crippen molar-refractivity contribution in [3.63, 3.8) is 0 Å². The van der Waals surface area contributed by atoms with E-state index in [0.717, 1.165) is 5.56 Å². The molecule has 1 N–H and O–H groups in total. The first kappa shape index (κ1) is 20.6. The van der Waals surface area contributed by atoms with Crippen LogP contribution in [0, 0.1) is 0 Å². The summed E-state index contributed by atoms with van der Waals surface area (Å²) in [6.45, 7) is 3.19. The Bertz CT molecular complexity index is 919. The largest absolute Gasteiger partial charge is 0.493 e. The second-order valence-electron chi connectivity index (χ2n) is 8.33. The highest BCUT2D eigenvalue weighted by atomic mass is 16.5. The van der Waals surface area contributed by atoms with E-state index in [1.54, 1.807) is 38.2 Å². The minimum absolute atomic E-state index is 0.0791. The Morgan fingerprint density at radius 1 is 1.27 bits per heavy atom. The van der Waals surface area contributed by atoms with Gasteiger partial charge in [-0.1, -0.05) is 5.16 Å². The Morgan fingerprint density at radius 2 is 2.03 bits per heavy atom. The van der Waals surface area contributed by atoms with E-state index in [1.807, 2.05) is 6.07 Å². The number of carbonyl (C=O) groups excluding carboxylic acids is 1. The molecule has 2 fully saturated rings. The zero-order chi connectivity index (χ0) is 21.4. The van der Waals surface area contributed by atoms with Crippen LogP contribution in [0.5, 0.6) is 11.5 Å². The van der Waals surface area contributed by atoms with E-state index in [9.17, 15) is 9.90 Å². The molecular formula is C21H27N3O6. The van der Waals surface area contributed by atoms with Gasteiger partial charge < -0.3 is 28.7 Å². The Labute approximate surface area is 174 Å². The maximum absolute atomic E-state index is 12.4. The number of benzene rings is 1. The maximum atomic E-state index is 12.4. The lowest BCUT2D eigenvalue weighted by molar-refractivity contribution is -0.157. The SMILES string of the molecule is COc1ccc(-c2noc(CCCC(=O)N3CC4(C3)CC(C)(O)CO4)n2)cc1OC. The van der Waals surface area contributed by atoms with Gasteiger partial charge in [-0.05, 0) is 31.5 Å². The predicted octanol–water partition coefficient (Wildman–Crippen LogP) is 1.83. The van der Waals surface area contributed by atoms with Gasteiger partial charge in [0.25, 0.3) is 0 Å². The molecule has 1 aromatic carbocycles. The van der Waals surface area contributed by atoms with E-state index in [4.69, 9.17) is 18.7 Å². The van der Waals surface area contributed by atoms with Gasteiger partial charge in [-0.25, -0.2) is 0 Å². The number of methoxy groups -OCH3 is 2. The molecule has 0 aliphatic carbocycles. The zero-order valence-corrected chi connectivity index (χ0v) is 17.5. The molecule has 0 bridgehead atoms. The van der Waals surface area contributed by atoms with Crippen LogP contribution in [-0.4, -0.2) is 71.2 Å². The molecule has 2 aliphatic rings. The first-order valence-corrected chi connectivity index (χ1v) is 10.0. The van der Waals surface area contributed by atoms with Crippen LogP contribution >= 0.6 is 0 Å². The van der Waals surface area contributed by atoms with Gasteiger partial charge in [-0.2, -0.15) is 4.98 Å². The topological polar surface area (TPSA) is 107 Å². The molecular weight excluding hydrogens is 390 g/mol. The first-order chi connectivity index (χ1) is 14.3. The Kier molecular flexibility index (Phi) is 5.42. The molecule has 9 heteroatoms. The standard InChI is InChI=1S/C21H27N3O6/c1-20(26)10-21(29-13-20)11-24(12-21)18(25)6-4-5-17-22-19(23-30-17)14-7-8-15(27-2)16(9-14)28-3/h7-9,26H,4-6,10-13H2,1-3H3. The number of carbonyl (C=O) groups is 1. The van der Waals surface area contributed by atoms with E-state index >= 15 is 0 Å². The van der Waals surface area contributed by atoms with Gasteiger partial charge in [0.15, 0.2) is 11.5 Å². The van der Waals surface area contributed by atoms with Crippen LogP contribution in [0.25, 0.3) is 11.4 Å². The fourth-order valence-electron chi connectivity index (χ4n) is 4.13. The first-order valence-electron chi connectivity index (χ1n) is 10.0. The predicted molar refractivity (Wildman–Crippen MR) is 106 cm³/mol. The molecule has 2 saturated heterocycles. The number of aliphatic hydroxyl groups is 1. The van der Waals surface area contributed by atoms with Crippen molar-refractivity contribution >= 4 is 5.91 Å². The molecule has 9 nitrogen and oxygen atoms in total. The van der Waals surface area contributed by atoms with Gasteiger partial charge in [-0.3, -0.25) is 4.79 Å². The van der Waals surface area contributed by atoms with E-state index in [1.165, 1.54) is 0 Å². The summed E-state index contributed by atoms with van der Waals surface area (Å²) in [4.78, 5) is 18.6. The summed E-state index contributed by atoms with van der Waals surface area (Å²) in [5.41, 5.74) is -0.393. The molecule has 1 amide bonds. The van der Waals surface area contributed by atoms with Gasteiger partial charge >= 0.3 is 0 Å². The molecule has 0 saturated carbocycles. The number of ether oxygens (including phenoxy) is 3. The molecule has 30 heavy (non-hydrogen) atoms. The van der Waals surface area contributed by atoms with E-state index in [2.05, 4.69) is 10.1 Å². The van der Waals surface area contributed by atoms with Gasteiger partial charge in [0, 0.05) is 24.8 Å². The van der Waals surface area contributed by atoms with E-state index in [-0.39, 0.29) is 11.5 Å². The quantitative estimate of drug-likeness (QED) is 0.727. The summed E-state index contributed by atoms with van der Waals surface area (Å²) in [6.07, 6.45) is 2.12. The molecule has 2 aromatic rings. The van der Waals surface area contributed by atoms with E-state index in [0.29, 0.717) is 68.6 Å². The Morgan fingerprint density at radius 3 is 2.70 bits per heavy atom. The minimum Gasteiger partial charge on any atom is -0.493 e. The number of likely N-dealkylation sites (tertiary alicyclic amines) is 1. The van der Waals surface area contributed by atoms with Crippen molar-refractivity contribution in [3.05, 3.63) is 24.1 Å². The van der Waals surface area contributed by atoms with Crippen molar-refractivity contribution in [2.75, 3.05) is 33.9 Å². The third kappa shape index (κ3) is 4.13. The summed E-state index contributed by atoms with van der Waals surface area (Å²) in [6, 6.07) is 5.41. The van der Waals surface area contributed by atoms with Crippen molar-refractivity contribution in [3.8, 4) is 22.9 Å². The molecule has 0 radical (unpaired) electrons. The number of hydrogen-bond donors (Lipinski definition) is 1. The van der Waals surface area contributed by atoms with Crippen LogP contribution in [0.1, 0.15) is 32.1 Å². The summed E-state index contributed by atoms with van der Waals surface area (Å²) < 4.78 is 21.6. The number of hydrogen-bond acceptors (Lipinski definition) is 8. The normalized spacial score (nSPS) is 22.2. The molecule has 4 rings (SSSR count). The summed E-state index contributed by atoms with van der Waals surface area (Å²) in [5, 5.41) is 14.1. The highest BCUT2D eigenvalue weighted by Gasteiger charge is 2.54. The van der Waals surface area contributed by atoms with Crippen molar-refractivity contribution in [2.24, 2.45) is 0 Å². The van der Waals surface area contributed by atoms with Crippen LogP contribution in [0.3, 0.4) is 0 Å². The molecule has 1 spiro atoms. The highest BCUT2D eigenvalue weighted by molar-refractivity contribution is 5.77. The van der Waals surface area contributed by atoms with Crippen LogP contribution in [0.15, 0.2) is 22.7 Å². The highest BCUT2D eigenvalue weighted by Crippen LogP contribution is 2.40. The van der Waals surface area contributed by atoms with Gasteiger partial charge in [-0.15, -0.1) is 0 Å². The fraction of sp³-hybridized carbons (Fsp3) is 0.571. The van der Waals surface area contributed by atoms with Crippen LogP contribution in [0.2, 0.25) is 0 Å². The van der Waals surface area contributed by atoms with Gasteiger partial charge in [0.2, 0.25) is 17.6 Å². The lowest BCUT2D eigenvalue weighted by Crippen LogP contribution is -2.63. The number of amides is 1. The second kappa shape index (κ2) is 7.88. The minimum atomic E-state index is -0.793. The lowest BCUT2D eigenvalue weighted by atomic mass is 9.85. The van der Waals surface area contributed by atoms with E-state index < -0.39 is 5.60 Å². The summed E-state index contributed by atoms with van der Waals surface area (Å²) in [5.74, 6) is 2.25. The molecule has 162 valence electrons. The summed E-state index contributed by atoms with van der Waals surface area (Å²) in [7, 11) is 3.15. The second-order valence-corrected chi connectivity index (χ2v) is 8.33. The fourth-order valence-corrected chi connectivity index (χ4v) is 4.13. The smallest absolute Gasteiger partial charge is 0.226 e.